The van der Waals surface area contributed by atoms with Crippen LogP contribution in [0.1, 0.15) is 24.2 Å². The molecule has 152 valence electrons. The summed E-state index contributed by atoms with van der Waals surface area (Å²) in [6.07, 6.45) is -0.426. The first-order valence-corrected chi connectivity index (χ1v) is 9.56. The summed E-state index contributed by atoms with van der Waals surface area (Å²) in [6.45, 7) is 0.581. The number of esters is 1. The van der Waals surface area contributed by atoms with Crippen molar-refractivity contribution in [1.82, 2.24) is 9.78 Å². The summed E-state index contributed by atoms with van der Waals surface area (Å²) in [7, 11) is 0. The van der Waals surface area contributed by atoms with Crippen molar-refractivity contribution in [2.45, 2.75) is 26.0 Å². The number of nitrogens with zero attached hydrogens (tertiary/aromatic N) is 2. The second-order valence-electron chi connectivity index (χ2n) is 6.83. The molecule has 0 atom stereocenters. The summed E-state index contributed by atoms with van der Waals surface area (Å²) in [5.41, 5.74) is 2.85. The van der Waals surface area contributed by atoms with Crippen molar-refractivity contribution < 1.29 is 23.8 Å². The summed E-state index contributed by atoms with van der Waals surface area (Å²) in [5, 5.41) is 14.4. The van der Waals surface area contributed by atoms with Gasteiger partial charge in [-0.05, 0) is 23.8 Å². The predicted octanol–water partition coefficient (Wildman–Crippen LogP) is 4.25. The number of aliphatic carboxylic acids is 1. The molecule has 0 saturated carbocycles. The molecule has 0 aliphatic rings. The fraction of sp³-hybridized carbons (Fsp3) is 0.174. The predicted molar refractivity (Wildman–Crippen MR) is 110 cm³/mol. The normalized spacial score (nSPS) is 10.9. The van der Waals surface area contributed by atoms with Gasteiger partial charge < -0.3 is 14.3 Å². The highest BCUT2D eigenvalue weighted by Crippen LogP contribution is 2.30. The van der Waals surface area contributed by atoms with Gasteiger partial charge in [-0.15, -0.1) is 0 Å². The van der Waals surface area contributed by atoms with Gasteiger partial charge >= 0.3 is 11.9 Å². The van der Waals surface area contributed by atoms with Crippen LogP contribution < -0.4 is 0 Å². The van der Waals surface area contributed by atoms with Crippen LogP contribution in [-0.4, -0.2) is 26.8 Å². The van der Waals surface area contributed by atoms with Crippen LogP contribution in [-0.2, 0) is 27.5 Å². The number of hydrogen-bond donors (Lipinski definition) is 1. The van der Waals surface area contributed by atoms with Crippen molar-refractivity contribution in [2.24, 2.45) is 0 Å². The van der Waals surface area contributed by atoms with Crippen molar-refractivity contribution in [3.63, 3.8) is 0 Å². The molecule has 0 aliphatic heterocycles. The standard InChI is InChI=1S/C23H20N2O5/c26-21(27)12-13-22(28)29-15-17-10-11-20(30-17)23-18-8-4-5-9-19(18)25(24-23)14-16-6-2-1-3-7-16/h1-11H,12-15H2,(H,26,27). The van der Waals surface area contributed by atoms with Gasteiger partial charge in [-0.1, -0.05) is 48.5 Å². The molecule has 0 saturated heterocycles. The lowest BCUT2D eigenvalue weighted by molar-refractivity contribution is -0.149. The Kier molecular flexibility index (Phi) is 5.61. The lowest BCUT2D eigenvalue weighted by Crippen LogP contribution is -2.07. The molecule has 7 nitrogen and oxygen atoms in total. The maximum Gasteiger partial charge on any atom is 0.306 e. The molecule has 4 aromatic rings. The fourth-order valence-corrected chi connectivity index (χ4v) is 3.20. The molecule has 0 fully saturated rings. The summed E-state index contributed by atoms with van der Waals surface area (Å²) >= 11 is 0. The van der Waals surface area contributed by atoms with Crippen molar-refractivity contribution >= 4 is 22.8 Å². The topological polar surface area (TPSA) is 94.6 Å². The molecule has 0 unspecified atom stereocenters. The van der Waals surface area contributed by atoms with E-state index in [-0.39, 0.29) is 19.4 Å². The molecule has 0 spiro atoms. The first kappa shape index (κ1) is 19.4. The molecular weight excluding hydrogens is 384 g/mol. The molecule has 2 aromatic heterocycles. The van der Waals surface area contributed by atoms with Gasteiger partial charge in [-0.25, -0.2) is 0 Å². The van der Waals surface area contributed by atoms with Crippen LogP contribution in [0.3, 0.4) is 0 Å². The second kappa shape index (κ2) is 8.65. The minimum atomic E-state index is -1.04. The number of benzene rings is 2. The molecular formula is C23H20N2O5. The number of furan rings is 1. The Hall–Kier alpha value is -3.87. The molecule has 0 amide bonds. The maximum absolute atomic E-state index is 11.6. The summed E-state index contributed by atoms with van der Waals surface area (Å²) in [5.74, 6) is -0.567. The zero-order valence-electron chi connectivity index (χ0n) is 16.2. The molecule has 2 heterocycles. The number of aromatic nitrogens is 2. The highest BCUT2D eigenvalue weighted by Gasteiger charge is 2.16. The van der Waals surface area contributed by atoms with Crippen molar-refractivity contribution in [3.8, 4) is 11.5 Å². The van der Waals surface area contributed by atoms with E-state index in [0.717, 1.165) is 16.5 Å². The Morgan fingerprint density at radius 2 is 1.73 bits per heavy atom. The quantitative estimate of drug-likeness (QED) is 0.441. The molecule has 2 aromatic carbocycles. The molecule has 1 N–H and O–H groups in total. The number of fused-ring (bicyclic) bond motifs is 1. The number of rotatable bonds is 8. The Bertz CT molecular complexity index is 1180. The van der Waals surface area contributed by atoms with E-state index >= 15 is 0 Å². The van der Waals surface area contributed by atoms with Gasteiger partial charge in [-0.3, -0.25) is 14.3 Å². The smallest absolute Gasteiger partial charge is 0.306 e. The van der Waals surface area contributed by atoms with E-state index in [2.05, 4.69) is 12.1 Å². The Morgan fingerprint density at radius 3 is 2.53 bits per heavy atom. The second-order valence-corrected chi connectivity index (χ2v) is 6.83. The van der Waals surface area contributed by atoms with Crippen LogP contribution in [0.4, 0.5) is 0 Å². The molecule has 0 bridgehead atoms. The van der Waals surface area contributed by atoms with Crippen LogP contribution in [0.2, 0.25) is 0 Å². The molecule has 0 aliphatic carbocycles. The van der Waals surface area contributed by atoms with Gasteiger partial charge in [-0.2, -0.15) is 5.10 Å². The maximum atomic E-state index is 11.6. The first-order chi connectivity index (χ1) is 14.6. The van der Waals surface area contributed by atoms with E-state index < -0.39 is 11.9 Å². The summed E-state index contributed by atoms with van der Waals surface area (Å²) < 4.78 is 12.9. The third kappa shape index (κ3) is 4.41. The minimum Gasteiger partial charge on any atom is -0.481 e. The van der Waals surface area contributed by atoms with Gasteiger partial charge in [0.25, 0.3) is 0 Å². The molecule has 0 radical (unpaired) electrons. The molecule has 7 heteroatoms. The third-order valence-corrected chi connectivity index (χ3v) is 4.65. The zero-order chi connectivity index (χ0) is 20.9. The largest absolute Gasteiger partial charge is 0.481 e. The fourth-order valence-electron chi connectivity index (χ4n) is 3.20. The van der Waals surface area contributed by atoms with Gasteiger partial charge in [0.2, 0.25) is 0 Å². The van der Waals surface area contributed by atoms with Gasteiger partial charge in [0.15, 0.2) is 5.76 Å². The number of carboxylic acid groups (broad SMARTS) is 1. The first-order valence-electron chi connectivity index (χ1n) is 9.56. The number of hydrogen-bond acceptors (Lipinski definition) is 5. The average Bonchev–Trinajstić information content (AvgIpc) is 3.36. The highest BCUT2D eigenvalue weighted by molar-refractivity contribution is 5.92. The van der Waals surface area contributed by atoms with E-state index in [0.29, 0.717) is 23.8 Å². The Balaban J connectivity index is 1.54. The summed E-state index contributed by atoms with van der Waals surface area (Å²) in [6, 6.07) is 21.5. The molecule has 30 heavy (non-hydrogen) atoms. The Labute approximate surface area is 172 Å². The van der Waals surface area contributed by atoms with Crippen LogP contribution in [0.15, 0.2) is 71.1 Å². The lowest BCUT2D eigenvalue weighted by Gasteiger charge is -2.03. The van der Waals surface area contributed by atoms with E-state index in [4.69, 9.17) is 19.4 Å². The number of carbonyl (C=O) groups excluding carboxylic acids is 1. The summed E-state index contributed by atoms with van der Waals surface area (Å²) in [4.78, 5) is 22.1. The number of carboxylic acids is 1. The minimum absolute atomic E-state index is 0.0545. The number of ether oxygens (including phenoxy) is 1. The van der Waals surface area contributed by atoms with Crippen molar-refractivity contribution in [2.75, 3.05) is 0 Å². The van der Waals surface area contributed by atoms with Gasteiger partial charge in [0.1, 0.15) is 18.1 Å². The lowest BCUT2D eigenvalue weighted by atomic mass is 10.2. The van der Waals surface area contributed by atoms with Gasteiger partial charge in [0.05, 0.1) is 24.9 Å². The SMILES string of the molecule is O=C(O)CCC(=O)OCc1ccc(-c2nn(Cc3ccccc3)c3ccccc23)o1. The van der Waals surface area contributed by atoms with E-state index in [1.165, 1.54) is 0 Å². The molecule has 4 rings (SSSR count). The highest BCUT2D eigenvalue weighted by atomic mass is 16.5. The van der Waals surface area contributed by atoms with Crippen LogP contribution >= 0.6 is 0 Å². The van der Waals surface area contributed by atoms with Gasteiger partial charge in [0, 0.05) is 5.39 Å². The van der Waals surface area contributed by atoms with Crippen molar-refractivity contribution in [3.05, 3.63) is 78.1 Å². The van der Waals surface area contributed by atoms with E-state index in [1.807, 2.05) is 47.1 Å². The zero-order valence-corrected chi connectivity index (χ0v) is 16.2. The average molecular weight is 404 g/mol. The van der Waals surface area contributed by atoms with E-state index in [9.17, 15) is 9.59 Å². The van der Waals surface area contributed by atoms with Crippen LogP contribution in [0.5, 0.6) is 0 Å². The third-order valence-electron chi connectivity index (χ3n) is 4.65. The van der Waals surface area contributed by atoms with E-state index in [1.54, 1.807) is 12.1 Å². The number of carbonyl (C=O) groups is 2. The Morgan fingerprint density at radius 1 is 0.967 bits per heavy atom. The monoisotopic (exact) mass is 404 g/mol. The van der Waals surface area contributed by atoms with Crippen LogP contribution in [0.25, 0.3) is 22.4 Å². The van der Waals surface area contributed by atoms with Crippen LogP contribution in [0, 0.1) is 0 Å². The number of para-hydroxylation sites is 1. The van der Waals surface area contributed by atoms with Crippen molar-refractivity contribution in [1.29, 1.82) is 0 Å².